The van der Waals surface area contributed by atoms with Crippen molar-refractivity contribution in [3.05, 3.63) is 53.9 Å². The second-order valence-corrected chi connectivity index (χ2v) is 7.63. The van der Waals surface area contributed by atoms with Gasteiger partial charge in [0.25, 0.3) is 0 Å². The topological polar surface area (TPSA) is 87.9 Å². The number of methoxy groups -OCH3 is 1. The Morgan fingerprint density at radius 1 is 1.06 bits per heavy atom. The summed E-state index contributed by atoms with van der Waals surface area (Å²) in [6, 6.07) is 13.2. The number of hydrogen-bond acceptors (Lipinski definition) is 5. The molecule has 1 aromatic heterocycles. The summed E-state index contributed by atoms with van der Waals surface area (Å²) >= 11 is 0. The fraction of sp³-hybridized carbons (Fsp3) is 0.348. The first-order chi connectivity index (χ1) is 15.0. The van der Waals surface area contributed by atoms with E-state index in [2.05, 4.69) is 21.6 Å². The molecular weight excluding hydrogens is 396 g/mol. The summed E-state index contributed by atoms with van der Waals surface area (Å²) in [5.41, 5.74) is 3.76. The van der Waals surface area contributed by atoms with Gasteiger partial charge in [0.15, 0.2) is 0 Å². The molecule has 162 valence electrons. The lowest BCUT2D eigenvalue weighted by Crippen LogP contribution is -2.48. The van der Waals surface area contributed by atoms with Crippen LogP contribution < -0.4 is 4.90 Å². The Hall–Kier alpha value is -3.39. The van der Waals surface area contributed by atoms with Crippen molar-refractivity contribution in [3.63, 3.8) is 0 Å². The molecule has 1 fully saturated rings. The Morgan fingerprint density at radius 3 is 2.48 bits per heavy atom. The van der Waals surface area contributed by atoms with Gasteiger partial charge in [-0.3, -0.25) is 9.36 Å². The molecule has 0 atom stereocenters. The Kier molecular flexibility index (Phi) is 5.90. The number of carbonyl (C=O) groups is 2. The molecule has 0 aliphatic carbocycles. The molecule has 1 aliphatic heterocycles. The van der Waals surface area contributed by atoms with E-state index in [-0.39, 0.29) is 11.5 Å². The summed E-state index contributed by atoms with van der Waals surface area (Å²) in [5.74, 6) is -0.0404. The van der Waals surface area contributed by atoms with Crippen molar-refractivity contribution in [2.24, 2.45) is 0 Å². The van der Waals surface area contributed by atoms with E-state index in [4.69, 9.17) is 9.72 Å². The molecule has 2 aromatic carbocycles. The molecule has 2 heterocycles. The zero-order valence-electron chi connectivity index (χ0n) is 17.7. The number of piperazine rings is 1. The van der Waals surface area contributed by atoms with Crippen molar-refractivity contribution >= 4 is 28.6 Å². The molecule has 0 spiro atoms. The van der Waals surface area contributed by atoms with Crippen LogP contribution in [0.1, 0.15) is 23.1 Å². The van der Waals surface area contributed by atoms with Gasteiger partial charge in [-0.2, -0.15) is 0 Å². The van der Waals surface area contributed by atoms with Gasteiger partial charge in [0.1, 0.15) is 5.82 Å². The normalized spacial score (nSPS) is 14.3. The fourth-order valence-electron chi connectivity index (χ4n) is 4.02. The van der Waals surface area contributed by atoms with Crippen molar-refractivity contribution in [2.75, 3.05) is 44.8 Å². The monoisotopic (exact) mass is 422 g/mol. The third kappa shape index (κ3) is 4.25. The van der Waals surface area contributed by atoms with Crippen LogP contribution in [0.25, 0.3) is 16.7 Å². The van der Waals surface area contributed by atoms with Crippen LogP contribution in [-0.4, -0.2) is 71.3 Å². The summed E-state index contributed by atoms with van der Waals surface area (Å²) in [6.07, 6.45) is 0.606. The molecule has 0 saturated carbocycles. The average Bonchev–Trinajstić information content (AvgIpc) is 3.15. The molecule has 3 aromatic rings. The van der Waals surface area contributed by atoms with Crippen LogP contribution in [0.4, 0.5) is 5.69 Å². The second-order valence-electron chi connectivity index (χ2n) is 7.63. The number of aromatic nitrogens is 2. The van der Waals surface area contributed by atoms with E-state index in [0.717, 1.165) is 35.8 Å². The SMILES string of the molecule is COCCc1nc2cc(C(=O)O)ccc2n1-c1cccc(N2CCN(C(C)=O)CC2)c1. The number of fused-ring (bicyclic) bond motifs is 1. The van der Waals surface area contributed by atoms with Gasteiger partial charge in [-0.1, -0.05) is 6.07 Å². The molecule has 1 amide bonds. The number of rotatable bonds is 6. The first-order valence-electron chi connectivity index (χ1n) is 10.3. The smallest absolute Gasteiger partial charge is 0.335 e. The minimum absolute atomic E-state index is 0.113. The third-order valence-corrected chi connectivity index (χ3v) is 5.68. The minimum Gasteiger partial charge on any atom is -0.478 e. The zero-order valence-corrected chi connectivity index (χ0v) is 17.7. The van der Waals surface area contributed by atoms with Crippen LogP contribution in [0.5, 0.6) is 0 Å². The molecule has 31 heavy (non-hydrogen) atoms. The molecule has 4 rings (SSSR count). The Bertz CT molecular complexity index is 1120. The molecule has 8 heteroatoms. The standard InChI is InChI=1S/C23H26N4O4/c1-16(28)25-9-11-26(12-10-25)18-4-3-5-19(15-18)27-21-7-6-17(23(29)30)14-20(21)24-22(27)8-13-31-2/h3-7,14-15H,8-13H2,1-2H3,(H,29,30). The number of benzene rings is 2. The van der Waals surface area contributed by atoms with Gasteiger partial charge in [0.05, 0.1) is 23.2 Å². The van der Waals surface area contributed by atoms with E-state index in [9.17, 15) is 14.7 Å². The average molecular weight is 422 g/mol. The van der Waals surface area contributed by atoms with Gasteiger partial charge in [-0.15, -0.1) is 0 Å². The number of aromatic carboxylic acids is 1. The van der Waals surface area contributed by atoms with Crippen LogP contribution >= 0.6 is 0 Å². The highest BCUT2D eigenvalue weighted by atomic mass is 16.5. The number of carboxylic acids is 1. The van der Waals surface area contributed by atoms with Crippen LogP contribution in [0, 0.1) is 0 Å². The quantitative estimate of drug-likeness (QED) is 0.657. The van der Waals surface area contributed by atoms with Gasteiger partial charge in [0.2, 0.25) is 5.91 Å². The predicted octanol–water partition coefficient (Wildman–Crippen LogP) is 2.58. The van der Waals surface area contributed by atoms with Gasteiger partial charge in [0, 0.05) is 58.0 Å². The molecule has 1 saturated heterocycles. The Balaban J connectivity index is 1.71. The van der Waals surface area contributed by atoms with Crippen LogP contribution in [0.2, 0.25) is 0 Å². The highest BCUT2D eigenvalue weighted by molar-refractivity contribution is 5.93. The molecule has 1 N–H and O–H groups in total. The van der Waals surface area contributed by atoms with E-state index in [1.807, 2.05) is 17.0 Å². The maximum atomic E-state index is 11.6. The minimum atomic E-state index is -0.971. The summed E-state index contributed by atoms with van der Waals surface area (Å²) in [4.78, 5) is 31.8. The van der Waals surface area contributed by atoms with Crippen LogP contribution in [0.15, 0.2) is 42.5 Å². The molecule has 0 bridgehead atoms. The molecule has 0 radical (unpaired) electrons. The van der Waals surface area contributed by atoms with Crippen LogP contribution in [0.3, 0.4) is 0 Å². The number of anilines is 1. The lowest BCUT2D eigenvalue weighted by Gasteiger charge is -2.35. The second kappa shape index (κ2) is 8.77. The number of amides is 1. The van der Waals surface area contributed by atoms with E-state index in [1.165, 1.54) is 0 Å². The summed E-state index contributed by atoms with van der Waals surface area (Å²) in [6.45, 7) is 5.12. The molecule has 0 unspecified atom stereocenters. The highest BCUT2D eigenvalue weighted by Crippen LogP contribution is 2.27. The van der Waals surface area contributed by atoms with Crippen molar-refractivity contribution in [2.45, 2.75) is 13.3 Å². The van der Waals surface area contributed by atoms with Crippen molar-refractivity contribution < 1.29 is 19.4 Å². The molecule has 8 nitrogen and oxygen atoms in total. The fourth-order valence-corrected chi connectivity index (χ4v) is 4.02. The van der Waals surface area contributed by atoms with E-state index in [0.29, 0.717) is 31.6 Å². The summed E-state index contributed by atoms with van der Waals surface area (Å²) in [7, 11) is 1.65. The van der Waals surface area contributed by atoms with Gasteiger partial charge < -0.3 is 19.6 Å². The first-order valence-corrected chi connectivity index (χ1v) is 10.3. The zero-order chi connectivity index (χ0) is 22.0. The maximum absolute atomic E-state index is 11.6. The third-order valence-electron chi connectivity index (χ3n) is 5.68. The van der Waals surface area contributed by atoms with Crippen molar-refractivity contribution in [3.8, 4) is 5.69 Å². The highest BCUT2D eigenvalue weighted by Gasteiger charge is 2.20. The molecule has 1 aliphatic rings. The van der Waals surface area contributed by atoms with E-state index < -0.39 is 5.97 Å². The van der Waals surface area contributed by atoms with Crippen molar-refractivity contribution in [1.82, 2.24) is 14.5 Å². The lowest BCUT2D eigenvalue weighted by atomic mass is 10.2. The predicted molar refractivity (Wildman–Crippen MR) is 118 cm³/mol. The van der Waals surface area contributed by atoms with Gasteiger partial charge >= 0.3 is 5.97 Å². The summed E-state index contributed by atoms with van der Waals surface area (Å²) in [5, 5.41) is 9.33. The number of imidazole rings is 1. The largest absolute Gasteiger partial charge is 0.478 e. The number of ether oxygens (including phenoxy) is 1. The number of hydrogen-bond donors (Lipinski definition) is 1. The first kappa shape index (κ1) is 20.9. The Morgan fingerprint density at radius 2 is 1.81 bits per heavy atom. The van der Waals surface area contributed by atoms with E-state index in [1.54, 1.807) is 32.2 Å². The lowest BCUT2D eigenvalue weighted by molar-refractivity contribution is -0.129. The number of carboxylic acid groups (broad SMARTS) is 1. The molecular formula is C23H26N4O4. The Labute approximate surface area is 180 Å². The number of carbonyl (C=O) groups excluding carboxylic acids is 1. The maximum Gasteiger partial charge on any atom is 0.335 e. The summed E-state index contributed by atoms with van der Waals surface area (Å²) < 4.78 is 7.32. The van der Waals surface area contributed by atoms with E-state index >= 15 is 0 Å². The van der Waals surface area contributed by atoms with Crippen molar-refractivity contribution in [1.29, 1.82) is 0 Å². The number of nitrogens with zero attached hydrogens (tertiary/aromatic N) is 4. The van der Waals surface area contributed by atoms with Crippen LogP contribution in [-0.2, 0) is 16.0 Å². The van der Waals surface area contributed by atoms with Gasteiger partial charge in [-0.25, -0.2) is 9.78 Å². The van der Waals surface area contributed by atoms with Gasteiger partial charge in [-0.05, 0) is 36.4 Å².